The van der Waals surface area contributed by atoms with Crippen LogP contribution in [-0.4, -0.2) is 25.0 Å². The van der Waals surface area contributed by atoms with E-state index in [1.807, 2.05) is 10.2 Å². The van der Waals surface area contributed by atoms with E-state index in [9.17, 15) is 27.2 Å². The Kier molecular flexibility index (Phi) is 6.94. The summed E-state index contributed by atoms with van der Waals surface area (Å²) in [5, 5.41) is 4.53. The number of nitrogens with zero attached hydrogens (tertiary/aromatic N) is 3. The molecule has 0 aliphatic carbocycles. The standard InChI is InChI=1S/C14H12F4N4O3/c1-6(2)14(24)25-5-3-4-20-13(23)7-8(15)10(17)12(21-22-19)11(18)9(7)16/h1,3-5H2,2H3,(H,20,23). The van der Waals surface area contributed by atoms with E-state index in [-0.39, 0.29) is 25.1 Å². The van der Waals surface area contributed by atoms with E-state index >= 15 is 0 Å². The highest BCUT2D eigenvalue weighted by Gasteiger charge is 2.28. The maximum atomic E-state index is 13.7. The fourth-order valence-corrected chi connectivity index (χ4v) is 1.60. The molecule has 0 aliphatic rings. The maximum absolute atomic E-state index is 13.7. The molecule has 0 spiro atoms. The van der Waals surface area contributed by atoms with Gasteiger partial charge in [-0.2, -0.15) is 0 Å². The molecule has 0 heterocycles. The van der Waals surface area contributed by atoms with Crippen molar-refractivity contribution >= 4 is 17.6 Å². The Bertz CT molecular complexity index is 747. The van der Waals surface area contributed by atoms with E-state index in [0.717, 1.165) is 0 Å². The van der Waals surface area contributed by atoms with Gasteiger partial charge in [0.2, 0.25) is 0 Å². The highest BCUT2D eigenvalue weighted by molar-refractivity contribution is 5.95. The molecule has 0 aliphatic heterocycles. The van der Waals surface area contributed by atoms with Gasteiger partial charge in [0, 0.05) is 17.0 Å². The van der Waals surface area contributed by atoms with Gasteiger partial charge in [-0.1, -0.05) is 11.7 Å². The van der Waals surface area contributed by atoms with Crippen molar-refractivity contribution in [2.45, 2.75) is 13.3 Å². The van der Waals surface area contributed by atoms with Crippen LogP contribution in [0.15, 0.2) is 17.3 Å². The van der Waals surface area contributed by atoms with Crippen LogP contribution in [0.5, 0.6) is 0 Å². The zero-order chi connectivity index (χ0) is 19.1. The second kappa shape index (κ2) is 8.69. The third kappa shape index (κ3) is 4.70. The molecule has 1 amide bonds. The molecule has 0 aromatic heterocycles. The minimum Gasteiger partial charge on any atom is -0.462 e. The fraction of sp³-hybridized carbons (Fsp3) is 0.286. The van der Waals surface area contributed by atoms with Crippen LogP contribution in [0, 0.1) is 23.3 Å². The molecule has 0 saturated heterocycles. The normalized spacial score (nSPS) is 9.96. The van der Waals surface area contributed by atoms with Gasteiger partial charge in [-0.3, -0.25) is 4.79 Å². The molecule has 7 nitrogen and oxygen atoms in total. The number of ether oxygens (including phenoxy) is 1. The number of benzene rings is 1. The number of amides is 1. The van der Waals surface area contributed by atoms with Gasteiger partial charge in [0.15, 0.2) is 23.3 Å². The smallest absolute Gasteiger partial charge is 0.333 e. The molecule has 1 aromatic carbocycles. The molecule has 25 heavy (non-hydrogen) atoms. The van der Waals surface area contributed by atoms with Crippen LogP contribution < -0.4 is 5.32 Å². The first kappa shape index (κ1) is 20.0. The molecule has 0 atom stereocenters. The minimum atomic E-state index is -1.99. The SMILES string of the molecule is C=C(C)C(=O)OCCCNC(=O)c1c(F)c(F)c(N=[N+]=[N-])c(F)c1F. The number of hydrogen-bond donors (Lipinski definition) is 1. The van der Waals surface area contributed by atoms with Gasteiger partial charge in [-0.15, -0.1) is 0 Å². The summed E-state index contributed by atoms with van der Waals surface area (Å²) in [6.45, 7) is 4.47. The fourth-order valence-electron chi connectivity index (χ4n) is 1.60. The zero-order valence-electron chi connectivity index (χ0n) is 12.9. The van der Waals surface area contributed by atoms with E-state index in [4.69, 9.17) is 10.3 Å². The summed E-state index contributed by atoms with van der Waals surface area (Å²) in [6, 6.07) is 0. The zero-order valence-corrected chi connectivity index (χ0v) is 12.9. The second-order valence-electron chi connectivity index (χ2n) is 4.69. The van der Waals surface area contributed by atoms with Crippen molar-refractivity contribution < 1.29 is 31.9 Å². The molecule has 134 valence electrons. The van der Waals surface area contributed by atoms with Crippen LogP contribution in [0.3, 0.4) is 0 Å². The van der Waals surface area contributed by atoms with Gasteiger partial charge < -0.3 is 10.1 Å². The van der Waals surface area contributed by atoms with E-state index < -0.39 is 46.4 Å². The van der Waals surface area contributed by atoms with Crippen LogP contribution in [-0.2, 0) is 9.53 Å². The lowest BCUT2D eigenvalue weighted by atomic mass is 10.1. The first-order valence-corrected chi connectivity index (χ1v) is 6.74. The number of azide groups is 1. The van der Waals surface area contributed by atoms with Crippen molar-refractivity contribution in [2.75, 3.05) is 13.2 Å². The maximum Gasteiger partial charge on any atom is 0.333 e. The van der Waals surface area contributed by atoms with Crippen molar-refractivity contribution in [2.24, 2.45) is 5.11 Å². The van der Waals surface area contributed by atoms with Crippen molar-refractivity contribution in [1.82, 2.24) is 5.32 Å². The Labute approximate surface area is 138 Å². The Morgan fingerprint density at radius 1 is 1.20 bits per heavy atom. The Balaban J connectivity index is 2.81. The van der Waals surface area contributed by atoms with Crippen LogP contribution in [0.2, 0.25) is 0 Å². The first-order valence-electron chi connectivity index (χ1n) is 6.74. The molecule has 0 bridgehead atoms. The summed E-state index contributed by atoms with van der Waals surface area (Å²) >= 11 is 0. The molecule has 1 aromatic rings. The Morgan fingerprint density at radius 3 is 2.24 bits per heavy atom. The first-order chi connectivity index (χ1) is 11.7. The van der Waals surface area contributed by atoms with E-state index in [0.29, 0.717) is 0 Å². The predicted molar refractivity (Wildman–Crippen MR) is 77.8 cm³/mol. The summed E-state index contributed by atoms with van der Waals surface area (Å²) in [6.07, 6.45) is 0.0791. The molecule has 0 radical (unpaired) electrons. The van der Waals surface area contributed by atoms with Gasteiger partial charge >= 0.3 is 5.97 Å². The summed E-state index contributed by atoms with van der Waals surface area (Å²) in [7, 11) is 0. The number of halogens is 4. The molecule has 1 N–H and O–H groups in total. The van der Waals surface area contributed by atoms with Gasteiger partial charge in [0.05, 0.1) is 6.61 Å². The molecule has 1 rings (SSSR count). The molecule has 11 heteroatoms. The van der Waals surface area contributed by atoms with Crippen LogP contribution in [0.4, 0.5) is 23.2 Å². The molecule has 0 saturated carbocycles. The largest absolute Gasteiger partial charge is 0.462 e. The number of carbonyl (C=O) groups excluding carboxylic acids is 2. The molecular formula is C14H12F4N4O3. The van der Waals surface area contributed by atoms with Crippen LogP contribution in [0.1, 0.15) is 23.7 Å². The average Bonchev–Trinajstić information content (AvgIpc) is 2.56. The Hall–Kier alpha value is -3.07. The van der Waals surface area contributed by atoms with Crippen molar-refractivity contribution in [3.05, 3.63) is 51.4 Å². The van der Waals surface area contributed by atoms with Crippen LogP contribution in [0.25, 0.3) is 10.4 Å². The minimum absolute atomic E-state index is 0.0791. The number of nitrogens with one attached hydrogen (secondary N) is 1. The summed E-state index contributed by atoms with van der Waals surface area (Å²) < 4.78 is 59.3. The highest BCUT2D eigenvalue weighted by Crippen LogP contribution is 2.30. The lowest BCUT2D eigenvalue weighted by Crippen LogP contribution is -2.28. The third-order valence-corrected chi connectivity index (χ3v) is 2.80. The highest BCUT2D eigenvalue weighted by atomic mass is 19.2. The van der Waals surface area contributed by atoms with Gasteiger partial charge in [-0.05, 0) is 18.9 Å². The second-order valence-corrected chi connectivity index (χ2v) is 4.69. The lowest BCUT2D eigenvalue weighted by molar-refractivity contribution is -0.138. The third-order valence-electron chi connectivity index (χ3n) is 2.80. The van der Waals surface area contributed by atoms with Gasteiger partial charge in [0.25, 0.3) is 5.91 Å². The molecule has 0 fully saturated rings. The van der Waals surface area contributed by atoms with Crippen LogP contribution >= 0.6 is 0 Å². The lowest BCUT2D eigenvalue weighted by Gasteiger charge is -2.10. The number of rotatable bonds is 7. The summed E-state index contributed by atoms with van der Waals surface area (Å²) in [4.78, 5) is 24.8. The number of carbonyl (C=O) groups is 2. The topological polar surface area (TPSA) is 104 Å². The van der Waals surface area contributed by atoms with E-state index in [2.05, 4.69) is 11.7 Å². The molecule has 0 unspecified atom stereocenters. The molecular weight excluding hydrogens is 348 g/mol. The summed E-state index contributed by atoms with van der Waals surface area (Å²) in [5.74, 6) is -10.0. The van der Waals surface area contributed by atoms with Crippen molar-refractivity contribution in [1.29, 1.82) is 0 Å². The van der Waals surface area contributed by atoms with E-state index in [1.54, 1.807) is 0 Å². The average molecular weight is 360 g/mol. The predicted octanol–water partition coefficient (Wildman–Crippen LogP) is 3.42. The van der Waals surface area contributed by atoms with Crippen molar-refractivity contribution in [3.63, 3.8) is 0 Å². The number of esters is 1. The van der Waals surface area contributed by atoms with Crippen molar-refractivity contribution in [3.8, 4) is 0 Å². The van der Waals surface area contributed by atoms with Gasteiger partial charge in [0.1, 0.15) is 11.3 Å². The number of hydrogen-bond acceptors (Lipinski definition) is 4. The quantitative estimate of drug-likeness (QED) is 0.118. The summed E-state index contributed by atoms with van der Waals surface area (Å²) in [5.41, 5.74) is 5.29. The Morgan fingerprint density at radius 2 is 1.76 bits per heavy atom. The monoisotopic (exact) mass is 360 g/mol. The van der Waals surface area contributed by atoms with Gasteiger partial charge in [-0.25, -0.2) is 22.4 Å². The van der Waals surface area contributed by atoms with E-state index in [1.165, 1.54) is 6.92 Å².